The molecule has 0 bridgehead atoms. The van der Waals surface area contributed by atoms with Crippen LogP contribution in [-0.4, -0.2) is 38.5 Å². The largest absolute Gasteiger partial charge is 0.338 e. The number of imide groups is 1. The molecule has 0 aliphatic carbocycles. The van der Waals surface area contributed by atoms with Crippen LogP contribution in [0.2, 0.25) is 0 Å². The Morgan fingerprint density at radius 3 is 2.58 bits per heavy atom. The van der Waals surface area contributed by atoms with Crippen LogP contribution in [0.3, 0.4) is 0 Å². The van der Waals surface area contributed by atoms with Crippen molar-refractivity contribution in [3.05, 3.63) is 36.7 Å². The molecule has 0 saturated heterocycles. The van der Waals surface area contributed by atoms with Gasteiger partial charge in [0, 0.05) is 12.2 Å². The van der Waals surface area contributed by atoms with Gasteiger partial charge in [0.15, 0.2) is 5.16 Å². The van der Waals surface area contributed by atoms with E-state index in [4.69, 9.17) is 0 Å². The molecular formula is C16H21N5O2S. The lowest BCUT2D eigenvalue weighted by molar-refractivity contribution is -0.119. The lowest BCUT2D eigenvalue weighted by Crippen LogP contribution is -2.43. The first kappa shape index (κ1) is 18.0. The van der Waals surface area contributed by atoms with Crippen molar-refractivity contribution in [3.63, 3.8) is 0 Å². The number of nitrogens with zero attached hydrogens (tertiary/aromatic N) is 3. The Morgan fingerprint density at radius 1 is 1.21 bits per heavy atom. The van der Waals surface area contributed by atoms with E-state index in [0.717, 1.165) is 5.69 Å². The Morgan fingerprint density at radius 2 is 1.92 bits per heavy atom. The van der Waals surface area contributed by atoms with E-state index in [9.17, 15) is 9.59 Å². The third kappa shape index (κ3) is 5.09. The number of hydrogen-bond acceptors (Lipinski definition) is 5. The summed E-state index contributed by atoms with van der Waals surface area (Å²) in [6.45, 7) is 6.21. The lowest BCUT2D eigenvalue weighted by Gasteiger charge is -2.13. The maximum Gasteiger partial charge on any atom is 0.321 e. The number of hydrogen-bond donors (Lipinski definition) is 2. The van der Waals surface area contributed by atoms with E-state index < -0.39 is 11.3 Å². The summed E-state index contributed by atoms with van der Waals surface area (Å²) in [5, 5.41) is 13.0. The van der Waals surface area contributed by atoms with Gasteiger partial charge in [0.25, 0.3) is 0 Å². The highest BCUT2D eigenvalue weighted by atomic mass is 32.2. The molecule has 0 saturated carbocycles. The van der Waals surface area contributed by atoms with Crippen molar-refractivity contribution in [1.29, 1.82) is 0 Å². The van der Waals surface area contributed by atoms with Gasteiger partial charge < -0.3 is 5.32 Å². The van der Waals surface area contributed by atoms with Gasteiger partial charge in [-0.1, -0.05) is 43.8 Å². The van der Waals surface area contributed by atoms with Crippen LogP contribution in [0.5, 0.6) is 0 Å². The third-order valence-electron chi connectivity index (χ3n) is 3.11. The van der Waals surface area contributed by atoms with Crippen LogP contribution in [0, 0.1) is 5.92 Å². The summed E-state index contributed by atoms with van der Waals surface area (Å²) >= 11 is 1.24. The Balaban J connectivity index is 1.95. The molecule has 128 valence electrons. The van der Waals surface area contributed by atoms with Crippen molar-refractivity contribution in [2.45, 2.75) is 31.2 Å². The number of urea groups is 1. The van der Waals surface area contributed by atoms with Gasteiger partial charge in [0.2, 0.25) is 5.91 Å². The highest BCUT2D eigenvalue weighted by molar-refractivity contribution is 8.00. The first-order valence-corrected chi connectivity index (χ1v) is 8.56. The molecule has 1 atom stereocenters. The summed E-state index contributed by atoms with van der Waals surface area (Å²) in [6, 6.07) is 9.13. The highest BCUT2D eigenvalue weighted by Crippen LogP contribution is 2.23. The van der Waals surface area contributed by atoms with Gasteiger partial charge in [-0.15, -0.1) is 10.2 Å². The summed E-state index contributed by atoms with van der Waals surface area (Å²) in [5.74, 6) is -0.0501. The van der Waals surface area contributed by atoms with Crippen molar-refractivity contribution >= 4 is 23.7 Å². The Bertz CT molecular complexity index is 687. The van der Waals surface area contributed by atoms with E-state index in [2.05, 4.69) is 20.8 Å². The topological polar surface area (TPSA) is 88.9 Å². The lowest BCUT2D eigenvalue weighted by atomic mass is 10.2. The van der Waals surface area contributed by atoms with Gasteiger partial charge in [0.1, 0.15) is 6.33 Å². The minimum Gasteiger partial charge on any atom is -0.338 e. The fourth-order valence-electron chi connectivity index (χ4n) is 1.84. The maximum absolute atomic E-state index is 12.1. The first-order valence-electron chi connectivity index (χ1n) is 7.68. The number of carbonyl (C=O) groups is 2. The molecule has 7 nitrogen and oxygen atoms in total. The number of aromatic nitrogens is 3. The number of para-hydroxylation sites is 1. The van der Waals surface area contributed by atoms with Crippen molar-refractivity contribution in [1.82, 2.24) is 25.4 Å². The average molecular weight is 347 g/mol. The average Bonchev–Trinajstić information content (AvgIpc) is 3.01. The fourth-order valence-corrected chi connectivity index (χ4v) is 2.68. The zero-order chi connectivity index (χ0) is 17.5. The van der Waals surface area contributed by atoms with Crippen molar-refractivity contribution < 1.29 is 9.59 Å². The molecule has 0 spiro atoms. The van der Waals surface area contributed by atoms with Gasteiger partial charge in [-0.05, 0) is 25.0 Å². The molecule has 2 aromatic rings. The van der Waals surface area contributed by atoms with E-state index >= 15 is 0 Å². The second kappa shape index (κ2) is 8.49. The molecule has 0 unspecified atom stereocenters. The van der Waals surface area contributed by atoms with E-state index in [1.54, 1.807) is 17.8 Å². The molecule has 1 heterocycles. The molecule has 1 aromatic heterocycles. The molecule has 2 rings (SSSR count). The molecule has 3 amide bonds. The number of thioether (sulfide) groups is 1. The van der Waals surface area contributed by atoms with Crippen molar-refractivity contribution in [2.24, 2.45) is 5.92 Å². The maximum atomic E-state index is 12.1. The molecular weight excluding hydrogens is 326 g/mol. The van der Waals surface area contributed by atoms with Crippen LogP contribution < -0.4 is 10.6 Å². The number of benzene rings is 1. The van der Waals surface area contributed by atoms with Gasteiger partial charge >= 0.3 is 6.03 Å². The normalized spacial score (nSPS) is 12.0. The minimum absolute atomic E-state index is 0.321. The number of nitrogens with one attached hydrogen (secondary N) is 2. The molecule has 8 heteroatoms. The third-order valence-corrected chi connectivity index (χ3v) is 4.17. The molecule has 0 aliphatic rings. The second-order valence-corrected chi connectivity index (χ2v) is 6.98. The fraction of sp³-hybridized carbons (Fsp3) is 0.375. The molecule has 0 fully saturated rings. The van der Waals surface area contributed by atoms with Crippen molar-refractivity contribution in [2.75, 3.05) is 6.54 Å². The molecule has 24 heavy (non-hydrogen) atoms. The zero-order valence-corrected chi connectivity index (χ0v) is 14.7. The second-order valence-electron chi connectivity index (χ2n) is 5.67. The van der Waals surface area contributed by atoms with E-state index in [1.165, 1.54) is 11.8 Å². The summed E-state index contributed by atoms with van der Waals surface area (Å²) in [7, 11) is 0. The molecule has 2 N–H and O–H groups in total. The van der Waals surface area contributed by atoms with E-state index in [0.29, 0.717) is 17.6 Å². The number of carbonyl (C=O) groups excluding carboxylic acids is 2. The summed E-state index contributed by atoms with van der Waals surface area (Å²) < 4.78 is 1.80. The van der Waals surface area contributed by atoms with Gasteiger partial charge in [-0.25, -0.2) is 4.79 Å². The van der Waals surface area contributed by atoms with Crippen LogP contribution >= 0.6 is 11.8 Å². The monoisotopic (exact) mass is 347 g/mol. The Labute approximate surface area is 145 Å². The van der Waals surface area contributed by atoms with E-state index in [-0.39, 0.29) is 5.91 Å². The smallest absolute Gasteiger partial charge is 0.321 e. The number of amides is 3. The summed E-state index contributed by atoms with van der Waals surface area (Å²) in [5.41, 5.74) is 0.910. The van der Waals surface area contributed by atoms with Crippen LogP contribution in [0.15, 0.2) is 41.8 Å². The van der Waals surface area contributed by atoms with Crippen LogP contribution in [0.1, 0.15) is 20.8 Å². The number of rotatable bonds is 6. The van der Waals surface area contributed by atoms with Gasteiger partial charge in [-0.3, -0.25) is 14.7 Å². The van der Waals surface area contributed by atoms with Gasteiger partial charge in [-0.2, -0.15) is 0 Å². The Kier molecular flexibility index (Phi) is 6.36. The minimum atomic E-state index is -0.485. The summed E-state index contributed by atoms with van der Waals surface area (Å²) in [6.07, 6.45) is 1.59. The predicted octanol–water partition coefficient (Wildman–Crippen LogP) is 2.23. The van der Waals surface area contributed by atoms with Crippen LogP contribution in [-0.2, 0) is 4.79 Å². The first-order chi connectivity index (χ1) is 11.5. The standard InChI is InChI=1S/C16H21N5O2S/c1-11(2)9-17-15(23)19-14(22)12(3)24-16-20-18-10-21(16)13-7-5-4-6-8-13/h4-8,10-12H,9H2,1-3H3,(H2,17,19,22,23)/t12-/m1/s1. The SMILES string of the molecule is CC(C)CNC(=O)NC(=O)[C@@H](C)Sc1nncn1-c1ccccc1. The molecule has 0 aliphatic heterocycles. The molecule has 1 aromatic carbocycles. The van der Waals surface area contributed by atoms with Crippen molar-refractivity contribution in [3.8, 4) is 5.69 Å². The van der Waals surface area contributed by atoms with Gasteiger partial charge in [0.05, 0.1) is 5.25 Å². The highest BCUT2D eigenvalue weighted by Gasteiger charge is 2.20. The predicted molar refractivity (Wildman–Crippen MR) is 93.1 cm³/mol. The quantitative estimate of drug-likeness (QED) is 0.782. The summed E-state index contributed by atoms with van der Waals surface area (Å²) in [4.78, 5) is 23.8. The zero-order valence-electron chi connectivity index (χ0n) is 13.9. The van der Waals surface area contributed by atoms with Crippen LogP contribution in [0.25, 0.3) is 5.69 Å². The Hall–Kier alpha value is -2.35. The molecule has 0 radical (unpaired) electrons. The van der Waals surface area contributed by atoms with E-state index in [1.807, 2.05) is 44.2 Å². The van der Waals surface area contributed by atoms with Crippen LogP contribution in [0.4, 0.5) is 4.79 Å².